The molecule has 0 spiro atoms. The Morgan fingerprint density at radius 3 is 2.71 bits per heavy atom. The van der Waals surface area contributed by atoms with Gasteiger partial charge in [0.25, 0.3) is 0 Å². The molecule has 0 aromatic carbocycles. The lowest BCUT2D eigenvalue weighted by molar-refractivity contribution is -0.149. The van der Waals surface area contributed by atoms with Crippen molar-refractivity contribution < 1.29 is 19.4 Å². The van der Waals surface area contributed by atoms with E-state index in [4.69, 9.17) is 4.74 Å². The molecule has 3 atom stereocenters. The summed E-state index contributed by atoms with van der Waals surface area (Å²) in [4.78, 5) is 25.9. The van der Waals surface area contributed by atoms with E-state index in [0.717, 1.165) is 13.0 Å². The number of amides is 1. The molecule has 120 valence electrons. The smallest absolute Gasteiger partial charge is 0.311 e. The van der Waals surface area contributed by atoms with Gasteiger partial charge in [0, 0.05) is 19.1 Å². The van der Waals surface area contributed by atoms with Crippen molar-refractivity contribution in [3.63, 3.8) is 0 Å². The predicted octanol–water partition coefficient (Wildman–Crippen LogP) is 0.714. The van der Waals surface area contributed by atoms with Crippen LogP contribution in [0.25, 0.3) is 0 Å². The first-order chi connectivity index (χ1) is 10.0. The molecule has 0 aromatic rings. The quantitative estimate of drug-likeness (QED) is 0.755. The van der Waals surface area contributed by atoms with E-state index in [1.54, 1.807) is 4.90 Å². The SMILES string of the molecule is CCCNC1COCC1C(=O)N1CCC(CC)(C(=O)O)C1. The largest absolute Gasteiger partial charge is 0.481 e. The van der Waals surface area contributed by atoms with Gasteiger partial charge in [-0.2, -0.15) is 0 Å². The monoisotopic (exact) mass is 298 g/mol. The Balaban J connectivity index is 1.99. The molecular formula is C15H26N2O4. The summed E-state index contributed by atoms with van der Waals surface area (Å²) in [5, 5.41) is 12.8. The van der Waals surface area contributed by atoms with Gasteiger partial charge in [-0.05, 0) is 25.8 Å². The number of hydrogen-bond donors (Lipinski definition) is 2. The zero-order chi connectivity index (χ0) is 15.5. The minimum Gasteiger partial charge on any atom is -0.481 e. The molecule has 2 aliphatic heterocycles. The zero-order valence-corrected chi connectivity index (χ0v) is 12.9. The average Bonchev–Trinajstić information content (AvgIpc) is 3.11. The summed E-state index contributed by atoms with van der Waals surface area (Å²) in [6, 6.07) is 0.0545. The van der Waals surface area contributed by atoms with Crippen LogP contribution in [0, 0.1) is 11.3 Å². The highest BCUT2D eigenvalue weighted by atomic mass is 16.5. The number of carboxylic acids is 1. The van der Waals surface area contributed by atoms with E-state index in [9.17, 15) is 14.7 Å². The summed E-state index contributed by atoms with van der Waals surface area (Å²) >= 11 is 0. The number of carbonyl (C=O) groups is 2. The van der Waals surface area contributed by atoms with Gasteiger partial charge in [-0.25, -0.2) is 0 Å². The molecule has 2 rings (SSSR count). The maximum absolute atomic E-state index is 12.7. The molecule has 0 radical (unpaired) electrons. The molecule has 2 saturated heterocycles. The van der Waals surface area contributed by atoms with Gasteiger partial charge >= 0.3 is 5.97 Å². The Morgan fingerprint density at radius 2 is 2.14 bits per heavy atom. The molecule has 2 heterocycles. The molecule has 2 N–H and O–H groups in total. The summed E-state index contributed by atoms with van der Waals surface area (Å²) < 4.78 is 5.45. The Kier molecular flexibility index (Phi) is 5.22. The lowest BCUT2D eigenvalue weighted by Crippen LogP contribution is -2.46. The second kappa shape index (κ2) is 6.75. The molecule has 6 nitrogen and oxygen atoms in total. The highest BCUT2D eigenvalue weighted by Crippen LogP contribution is 2.35. The maximum Gasteiger partial charge on any atom is 0.311 e. The molecule has 0 bridgehead atoms. The Morgan fingerprint density at radius 1 is 1.38 bits per heavy atom. The average molecular weight is 298 g/mol. The number of aliphatic carboxylic acids is 1. The van der Waals surface area contributed by atoms with Crippen molar-refractivity contribution in [1.82, 2.24) is 10.2 Å². The number of hydrogen-bond acceptors (Lipinski definition) is 4. The van der Waals surface area contributed by atoms with E-state index < -0.39 is 11.4 Å². The van der Waals surface area contributed by atoms with Crippen LogP contribution >= 0.6 is 0 Å². The van der Waals surface area contributed by atoms with E-state index in [-0.39, 0.29) is 17.9 Å². The van der Waals surface area contributed by atoms with Crippen molar-refractivity contribution in [1.29, 1.82) is 0 Å². The fourth-order valence-electron chi connectivity index (χ4n) is 3.24. The number of rotatable bonds is 6. The van der Waals surface area contributed by atoms with Crippen LogP contribution in [0.4, 0.5) is 0 Å². The lowest BCUT2D eigenvalue weighted by atomic mass is 9.84. The highest BCUT2D eigenvalue weighted by Gasteiger charge is 2.47. The second-order valence-electron chi connectivity index (χ2n) is 6.15. The first kappa shape index (κ1) is 16.2. The van der Waals surface area contributed by atoms with Gasteiger partial charge in [0.15, 0.2) is 0 Å². The van der Waals surface area contributed by atoms with Crippen LogP contribution in [0.2, 0.25) is 0 Å². The van der Waals surface area contributed by atoms with Gasteiger partial charge in [0.2, 0.25) is 5.91 Å². The predicted molar refractivity (Wildman–Crippen MR) is 77.9 cm³/mol. The van der Waals surface area contributed by atoms with E-state index in [1.165, 1.54) is 0 Å². The number of likely N-dealkylation sites (tertiary alicyclic amines) is 1. The van der Waals surface area contributed by atoms with E-state index in [0.29, 0.717) is 39.1 Å². The van der Waals surface area contributed by atoms with Crippen LogP contribution in [0.15, 0.2) is 0 Å². The van der Waals surface area contributed by atoms with E-state index in [2.05, 4.69) is 12.2 Å². The number of ether oxygens (including phenoxy) is 1. The highest BCUT2D eigenvalue weighted by molar-refractivity contribution is 5.83. The first-order valence-corrected chi connectivity index (χ1v) is 7.87. The second-order valence-corrected chi connectivity index (χ2v) is 6.15. The standard InChI is InChI=1S/C15H26N2O4/c1-3-6-16-12-9-21-8-11(12)13(18)17-7-5-15(4-2,10-17)14(19)20/h11-12,16H,3-10H2,1-2H3,(H,19,20). The Labute approximate surface area is 125 Å². The molecule has 3 unspecified atom stereocenters. The van der Waals surface area contributed by atoms with Gasteiger partial charge < -0.3 is 20.1 Å². The third-order valence-corrected chi connectivity index (χ3v) is 4.85. The van der Waals surface area contributed by atoms with Crippen LogP contribution in [-0.4, -0.2) is 60.8 Å². The number of carboxylic acid groups (broad SMARTS) is 1. The summed E-state index contributed by atoms with van der Waals surface area (Å²) in [5.74, 6) is -0.931. The summed E-state index contributed by atoms with van der Waals surface area (Å²) in [6.45, 7) is 6.69. The zero-order valence-electron chi connectivity index (χ0n) is 12.9. The molecule has 2 aliphatic rings. The molecule has 0 aromatic heterocycles. The van der Waals surface area contributed by atoms with Gasteiger partial charge in [0.05, 0.1) is 24.5 Å². The van der Waals surface area contributed by atoms with Crippen molar-refractivity contribution in [3.05, 3.63) is 0 Å². The normalized spacial score (nSPS) is 32.6. The summed E-state index contributed by atoms with van der Waals surface area (Å²) in [7, 11) is 0. The van der Waals surface area contributed by atoms with Crippen LogP contribution < -0.4 is 5.32 Å². The minimum atomic E-state index is -0.788. The molecule has 0 saturated carbocycles. The van der Waals surface area contributed by atoms with Crippen LogP contribution in [0.5, 0.6) is 0 Å². The summed E-state index contributed by atoms with van der Waals surface area (Å²) in [6.07, 6.45) is 2.12. The molecule has 6 heteroatoms. The lowest BCUT2D eigenvalue weighted by Gasteiger charge is -2.26. The topological polar surface area (TPSA) is 78.9 Å². The van der Waals surface area contributed by atoms with Crippen molar-refractivity contribution in [3.8, 4) is 0 Å². The van der Waals surface area contributed by atoms with Crippen molar-refractivity contribution in [2.24, 2.45) is 11.3 Å². The fourth-order valence-corrected chi connectivity index (χ4v) is 3.24. The number of nitrogens with one attached hydrogen (secondary N) is 1. The molecule has 21 heavy (non-hydrogen) atoms. The number of carbonyl (C=O) groups excluding carboxylic acids is 1. The first-order valence-electron chi connectivity index (χ1n) is 7.87. The third-order valence-electron chi connectivity index (χ3n) is 4.85. The van der Waals surface area contributed by atoms with Crippen molar-refractivity contribution in [2.75, 3.05) is 32.8 Å². The fraction of sp³-hybridized carbons (Fsp3) is 0.867. The van der Waals surface area contributed by atoms with E-state index >= 15 is 0 Å². The summed E-state index contributed by atoms with van der Waals surface area (Å²) in [5.41, 5.74) is -0.762. The van der Waals surface area contributed by atoms with Crippen LogP contribution in [0.3, 0.4) is 0 Å². The Hall–Kier alpha value is -1.14. The van der Waals surface area contributed by atoms with Gasteiger partial charge in [-0.1, -0.05) is 13.8 Å². The number of nitrogens with zero attached hydrogens (tertiary/aromatic N) is 1. The van der Waals surface area contributed by atoms with Gasteiger partial charge in [-0.15, -0.1) is 0 Å². The maximum atomic E-state index is 12.7. The molecule has 0 aliphatic carbocycles. The third kappa shape index (κ3) is 3.21. The molecule has 1 amide bonds. The van der Waals surface area contributed by atoms with Gasteiger partial charge in [-0.3, -0.25) is 9.59 Å². The van der Waals surface area contributed by atoms with Crippen molar-refractivity contribution >= 4 is 11.9 Å². The van der Waals surface area contributed by atoms with Crippen LogP contribution in [-0.2, 0) is 14.3 Å². The minimum absolute atomic E-state index is 0.0395. The van der Waals surface area contributed by atoms with Crippen molar-refractivity contribution in [2.45, 2.75) is 39.2 Å². The Bertz CT molecular complexity index is 401. The van der Waals surface area contributed by atoms with E-state index in [1.807, 2.05) is 6.92 Å². The van der Waals surface area contributed by atoms with Crippen LogP contribution in [0.1, 0.15) is 33.1 Å². The van der Waals surface area contributed by atoms with Gasteiger partial charge in [0.1, 0.15) is 0 Å². The molecular weight excluding hydrogens is 272 g/mol. The molecule has 2 fully saturated rings.